The molecular formula is C35H48N6O7. The van der Waals surface area contributed by atoms with Gasteiger partial charge in [-0.1, -0.05) is 62.4 Å². The number of para-hydroxylation sites is 1. The van der Waals surface area contributed by atoms with Crippen molar-refractivity contribution in [1.29, 1.82) is 0 Å². The number of nitrogens with two attached hydrogens (primary N) is 1. The van der Waals surface area contributed by atoms with Crippen LogP contribution in [0.3, 0.4) is 0 Å². The van der Waals surface area contributed by atoms with Crippen LogP contribution in [0.5, 0.6) is 0 Å². The number of alkyl carbamates (subject to hydrolysis) is 1. The van der Waals surface area contributed by atoms with Gasteiger partial charge in [-0.2, -0.15) is 0 Å². The number of aromatic amines is 1. The predicted molar refractivity (Wildman–Crippen MR) is 182 cm³/mol. The summed E-state index contributed by atoms with van der Waals surface area (Å²) in [5, 5.41) is 21.7. The number of aliphatic carboxylic acids is 1. The summed E-state index contributed by atoms with van der Waals surface area (Å²) < 4.78 is 5.50. The number of primary amides is 1. The molecule has 0 fully saturated rings. The molecule has 13 nitrogen and oxygen atoms in total. The average molecular weight is 665 g/mol. The molecule has 8 N–H and O–H groups in total. The van der Waals surface area contributed by atoms with Crippen molar-refractivity contribution in [1.82, 2.24) is 26.3 Å². The molecule has 0 unspecified atom stereocenters. The van der Waals surface area contributed by atoms with Gasteiger partial charge in [0.1, 0.15) is 17.7 Å². The van der Waals surface area contributed by atoms with Crippen molar-refractivity contribution >= 4 is 40.7 Å². The van der Waals surface area contributed by atoms with Gasteiger partial charge in [0.25, 0.3) is 0 Å². The van der Waals surface area contributed by atoms with Crippen LogP contribution < -0.4 is 27.0 Å². The molecule has 0 radical (unpaired) electrons. The number of benzene rings is 2. The van der Waals surface area contributed by atoms with E-state index in [0.717, 1.165) is 22.0 Å². The number of hydrogen-bond acceptors (Lipinski definition) is 7. The molecule has 0 saturated heterocycles. The Morgan fingerprint density at radius 3 is 2.10 bits per heavy atom. The molecule has 0 aliphatic rings. The minimum atomic E-state index is -1.48. The maximum Gasteiger partial charge on any atom is 0.407 e. The number of fused-ring (bicyclic) bond motifs is 1. The van der Waals surface area contributed by atoms with Crippen LogP contribution in [-0.2, 0) is 36.8 Å². The molecule has 3 aromatic rings. The third kappa shape index (κ3) is 12.4. The third-order valence-corrected chi connectivity index (χ3v) is 7.45. The summed E-state index contributed by atoms with van der Waals surface area (Å²) >= 11 is 0. The molecule has 4 atom stereocenters. The highest BCUT2D eigenvalue weighted by molar-refractivity contribution is 5.94. The van der Waals surface area contributed by atoms with Crippen molar-refractivity contribution in [2.24, 2.45) is 11.7 Å². The second kappa shape index (κ2) is 17.3. The minimum Gasteiger partial charge on any atom is -0.481 e. The van der Waals surface area contributed by atoms with Crippen molar-refractivity contribution in [3.63, 3.8) is 0 Å². The Labute approximate surface area is 280 Å². The average Bonchev–Trinajstić information content (AvgIpc) is 3.40. The zero-order chi connectivity index (χ0) is 35.4. The number of hydrogen-bond donors (Lipinski definition) is 7. The Hall–Kier alpha value is -4.91. The van der Waals surface area contributed by atoms with Crippen LogP contribution >= 0.6 is 0 Å². The second-order valence-electron chi connectivity index (χ2n) is 13.3. The van der Waals surface area contributed by atoms with E-state index in [-0.39, 0.29) is 18.9 Å². The predicted octanol–water partition coefficient (Wildman–Crippen LogP) is 2.78. The van der Waals surface area contributed by atoms with Crippen LogP contribution in [0.4, 0.5) is 4.79 Å². The van der Waals surface area contributed by atoms with E-state index in [0.29, 0.717) is 12.8 Å². The highest BCUT2D eigenvalue weighted by Crippen LogP contribution is 2.19. The molecule has 0 aliphatic carbocycles. The van der Waals surface area contributed by atoms with Crippen LogP contribution in [0.2, 0.25) is 0 Å². The zero-order valence-corrected chi connectivity index (χ0v) is 28.2. The topological polar surface area (TPSA) is 205 Å². The lowest BCUT2D eigenvalue weighted by molar-refractivity contribution is -0.141. The van der Waals surface area contributed by atoms with Gasteiger partial charge in [-0.15, -0.1) is 0 Å². The molecule has 0 aliphatic heterocycles. The Balaban J connectivity index is 1.77. The lowest BCUT2D eigenvalue weighted by Gasteiger charge is -2.27. The fourth-order valence-corrected chi connectivity index (χ4v) is 5.25. The molecule has 0 bridgehead atoms. The van der Waals surface area contributed by atoms with Gasteiger partial charge in [0.2, 0.25) is 17.7 Å². The number of carbonyl (C=O) groups is 5. The van der Waals surface area contributed by atoms with Crippen LogP contribution in [0, 0.1) is 5.92 Å². The number of rotatable bonds is 17. The minimum absolute atomic E-state index is 0.0380. The highest BCUT2D eigenvalue weighted by Gasteiger charge is 2.31. The van der Waals surface area contributed by atoms with Gasteiger partial charge in [-0.05, 0) is 56.7 Å². The van der Waals surface area contributed by atoms with Crippen LogP contribution in [-0.4, -0.2) is 76.2 Å². The van der Waals surface area contributed by atoms with Crippen molar-refractivity contribution in [2.75, 3.05) is 6.54 Å². The number of H-pyrrole nitrogens is 1. The molecule has 1 aromatic heterocycles. The SMILES string of the molecule is CC(C)C[C@H](NC[C@H](Cc1c[nH]c2ccccc12)NC(=O)OC(C)(C)C)C(=O)N[C@@H](CC(=O)O)C(=O)N[C@@H](Cc1ccccc1)C(N)=O. The Kier molecular flexibility index (Phi) is 13.5. The number of nitrogens with one attached hydrogen (secondary N) is 5. The summed E-state index contributed by atoms with van der Waals surface area (Å²) in [5.41, 5.74) is 7.46. The van der Waals surface area contributed by atoms with Gasteiger partial charge in [0.15, 0.2) is 0 Å². The van der Waals surface area contributed by atoms with Crippen LogP contribution in [0.1, 0.15) is 58.6 Å². The van der Waals surface area contributed by atoms with Gasteiger partial charge in [0, 0.05) is 36.1 Å². The molecular weight excluding hydrogens is 616 g/mol. The maximum atomic E-state index is 13.6. The van der Waals surface area contributed by atoms with E-state index in [4.69, 9.17) is 10.5 Å². The number of ether oxygens (including phenoxy) is 1. The van der Waals surface area contributed by atoms with Crippen LogP contribution in [0.25, 0.3) is 10.9 Å². The van der Waals surface area contributed by atoms with Gasteiger partial charge in [-0.25, -0.2) is 4.79 Å². The van der Waals surface area contributed by atoms with Crippen molar-refractivity contribution < 1.29 is 33.8 Å². The summed E-state index contributed by atoms with van der Waals surface area (Å²) in [6, 6.07) is 12.7. The number of aromatic nitrogens is 1. The van der Waals surface area contributed by atoms with Gasteiger partial charge < -0.3 is 41.8 Å². The number of amides is 4. The quantitative estimate of drug-likeness (QED) is 0.114. The first kappa shape index (κ1) is 37.5. The van der Waals surface area contributed by atoms with E-state index in [1.54, 1.807) is 51.1 Å². The number of carboxylic acids is 1. The van der Waals surface area contributed by atoms with Crippen molar-refractivity contribution in [2.45, 2.75) is 90.1 Å². The molecule has 1 heterocycles. The Morgan fingerprint density at radius 2 is 1.48 bits per heavy atom. The highest BCUT2D eigenvalue weighted by atomic mass is 16.6. The van der Waals surface area contributed by atoms with Crippen molar-refractivity contribution in [3.8, 4) is 0 Å². The lowest BCUT2D eigenvalue weighted by atomic mass is 10.0. The molecule has 48 heavy (non-hydrogen) atoms. The first-order chi connectivity index (χ1) is 22.6. The summed E-state index contributed by atoms with van der Waals surface area (Å²) in [5.74, 6) is -3.53. The second-order valence-corrected chi connectivity index (χ2v) is 13.3. The summed E-state index contributed by atoms with van der Waals surface area (Å²) in [6.45, 7) is 9.29. The Bertz CT molecular complexity index is 1550. The summed E-state index contributed by atoms with van der Waals surface area (Å²) in [6.07, 6.45) is 1.39. The molecule has 2 aromatic carbocycles. The van der Waals surface area contributed by atoms with Gasteiger partial charge in [0.05, 0.1) is 12.5 Å². The molecule has 260 valence electrons. The third-order valence-electron chi connectivity index (χ3n) is 7.45. The lowest BCUT2D eigenvalue weighted by Crippen LogP contribution is -2.57. The van der Waals surface area contributed by atoms with E-state index in [1.165, 1.54) is 0 Å². The van der Waals surface area contributed by atoms with E-state index in [2.05, 4.69) is 26.3 Å². The molecule has 0 saturated carbocycles. The summed E-state index contributed by atoms with van der Waals surface area (Å²) in [4.78, 5) is 66.9. The largest absolute Gasteiger partial charge is 0.481 e. The molecule has 3 rings (SSSR count). The monoisotopic (exact) mass is 664 g/mol. The van der Waals surface area contributed by atoms with E-state index >= 15 is 0 Å². The molecule has 13 heteroatoms. The number of carbonyl (C=O) groups excluding carboxylic acids is 4. The molecule has 0 spiro atoms. The summed E-state index contributed by atoms with van der Waals surface area (Å²) in [7, 11) is 0. The van der Waals surface area contributed by atoms with Gasteiger partial charge in [-0.3, -0.25) is 19.2 Å². The fourth-order valence-electron chi connectivity index (χ4n) is 5.25. The van der Waals surface area contributed by atoms with E-state index in [1.807, 2.05) is 44.3 Å². The first-order valence-corrected chi connectivity index (χ1v) is 16.0. The van der Waals surface area contributed by atoms with Gasteiger partial charge >= 0.3 is 12.1 Å². The van der Waals surface area contributed by atoms with E-state index < -0.39 is 66.0 Å². The standard InChI is InChI=1S/C35H48N6O7/c1-21(2)15-28(32(45)41-29(18-30(42)43)33(46)40-27(31(36)44)16-22-11-7-6-8-12-22)38-20-24(39-34(47)48-35(3,4)5)17-23-19-37-26-14-10-9-13-25(23)26/h6-14,19,21,24,27-29,37-38H,15-18,20H2,1-5H3,(H2,36,44)(H,39,47)(H,40,46)(H,41,45)(H,42,43)/t24-,27-,28-,29-/m0/s1. The maximum absolute atomic E-state index is 13.6. The fraction of sp³-hybridized carbons (Fsp3) is 0.457. The normalized spacial score (nSPS) is 14.0. The number of carboxylic acid groups (broad SMARTS) is 1. The van der Waals surface area contributed by atoms with Crippen molar-refractivity contribution in [3.05, 3.63) is 71.9 Å². The molecule has 4 amide bonds. The zero-order valence-electron chi connectivity index (χ0n) is 28.2. The van der Waals surface area contributed by atoms with E-state index in [9.17, 15) is 29.1 Å². The van der Waals surface area contributed by atoms with Crippen LogP contribution in [0.15, 0.2) is 60.8 Å². The smallest absolute Gasteiger partial charge is 0.407 e. The Morgan fingerprint density at radius 1 is 0.854 bits per heavy atom. The first-order valence-electron chi connectivity index (χ1n) is 16.0.